The van der Waals surface area contributed by atoms with E-state index in [0.29, 0.717) is 0 Å². The van der Waals surface area contributed by atoms with E-state index in [2.05, 4.69) is 215 Å². The van der Waals surface area contributed by atoms with E-state index in [9.17, 15) is 0 Å². The molecule has 0 aliphatic rings. The highest BCUT2D eigenvalue weighted by Crippen LogP contribution is 2.43. The molecule has 4 nitrogen and oxygen atoms in total. The number of benzene rings is 11. The summed E-state index contributed by atoms with van der Waals surface area (Å²) in [7, 11) is 0. The summed E-state index contributed by atoms with van der Waals surface area (Å²) in [5.74, 6) is 0. The Balaban J connectivity index is 0.984. The molecule has 0 unspecified atom stereocenters. The average Bonchev–Trinajstić information content (AvgIpc) is 4.04. The van der Waals surface area contributed by atoms with Crippen LogP contribution in [0.25, 0.3) is 141 Å². The lowest BCUT2D eigenvalue weighted by molar-refractivity contribution is 1.19. The van der Waals surface area contributed by atoms with E-state index in [0.717, 1.165) is 61.3 Å². The van der Waals surface area contributed by atoms with Crippen LogP contribution >= 0.6 is 11.3 Å². The quantitative estimate of drug-likeness (QED) is 0.177. The molecule has 0 aliphatic carbocycles. The molecule has 67 heavy (non-hydrogen) atoms. The van der Waals surface area contributed by atoms with Crippen molar-refractivity contribution in [3.63, 3.8) is 0 Å². The van der Waals surface area contributed by atoms with E-state index in [-0.39, 0.29) is 0 Å². The molecule has 0 aliphatic heterocycles. The largest absolute Gasteiger partial charge is 0.309 e. The van der Waals surface area contributed by atoms with Crippen LogP contribution in [-0.4, -0.2) is 19.1 Å². The molecule has 0 amide bonds. The topological polar surface area (TPSA) is 35.6 Å². The Morgan fingerprint density at radius 3 is 1.75 bits per heavy atom. The van der Waals surface area contributed by atoms with Crippen molar-refractivity contribution in [2.45, 2.75) is 0 Å². The molecule has 15 aromatic rings. The van der Waals surface area contributed by atoms with Crippen molar-refractivity contribution in [1.29, 1.82) is 0 Å². The zero-order chi connectivity index (χ0) is 43.7. The lowest BCUT2D eigenvalue weighted by atomic mass is 9.98. The minimum absolute atomic E-state index is 0.862. The molecule has 0 spiro atoms. The van der Waals surface area contributed by atoms with Crippen LogP contribution < -0.4 is 0 Å². The third-order valence-electron chi connectivity index (χ3n) is 14.0. The monoisotopic (exact) mass is 868 g/mol. The third-order valence-corrected chi connectivity index (χ3v) is 15.1. The van der Waals surface area contributed by atoms with Gasteiger partial charge in [0.1, 0.15) is 0 Å². The summed E-state index contributed by atoms with van der Waals surface area (Å²) in [6.45, 7) is 0. The molecular formula is C62H36N4S. The zero-order valence-corrected chi connectivity index (χ0v) is 36.8. The maximum atomic E-state index is 5.46. The highest BCUT2D eigenvalue weighted by Gasteiger charge is 2.21. The van der Waals surface area contributed by atoms with Crippen molar-refractivity contribution in [2.75, 3.05) is 0 Å². The Labute approximate surface area is 387 Å². The second-order valence-corrected chi connectivity index (χ2v) is 18.8. The van der Waals surface area contributed by atoms with Crippen molar-refractivity contribution in [3.8, 4) is 33.9 Å². The summed E-state index contributed by atoms with van der Waals surface area (Å²) in [6, 6.07) is 79.8. The first-order valence-corrected chi connectivity index (χ1v) is 23.6. The summed E-state index contributed by atoms with van der Waals surface area (Å²) in [6.07, 6.45) is 0. The Bertz CT molecular complexity index is 4590. The third kappa shape index (κ3) is 5.40. The fourth-order valence-corrected chi connectivity index (χ4v) is 12.1. The average molecular weight is 869 g/mol. The Morgan fingerprint density at radius 2 is 0.925 bits per heavy atom. The zero-order valence-electron chi connectivity index (χ0n) is 36.0. The molecule has 4 heterocycles. The van der Waals surface area contributed by atoms with Gasteiger partial charge >= 0.3 is 0 Å². The van der Waals surface area contributed by atoms with Crippen LogP contribution in [0.15, 0.2) is 218 Å². The molecule has 0 bridgehead atoms. The number of hydrogen-bond acceptors (Lipinski definition) is 3. The first-order valence-electron chi connectivity index (χ1n) is 22.8. The molecule has 0 N–H and O–H groups in total. The van der Waals surface area contributed by atoms with E-state index in [1.165, 1.54) is 79.7 Å². The van der Waals surface area contributed by atoms with Gasteiger partial charge in [0, 0.05) is 69.3 Å². The van der Waals surface area contributed by atoms with Crippen LogP contribution in [0.1, 0.15) is 0 Å². The van der Waals surface area contributed by atoms with Gasteiger partial charge in [-0.15, -0.1) is 11.3 Å². The van der Waals surface area contributed by atoms with E-state index in [1.54, 1.807) is 0 Å². The Kier molecular flexibility index (Phi) is 7.63. The smallest absolute Gasteiger partial charge is 0.0974 e. The minimum Gasteiger partial charge on any atom is -0.309 e. The van der Waals surface area contributed by atoms with Crippen molar-refractivity contribution in [1.82, 2.24) is 19.1 Å². The van der Waals surface area contributed by atoms with Gasteiger partial charge in [-0.2, -0.15) is 0 Å². The van der Waals surface area contributed by atoms with Gasteiger partial charge in [0.05, 0.1) is 50.2 Å². The van der Waals surface area contributed by atoms with Crippen LogP contribution in [0, 0.1) is 0 Å². The van der Waals surface area contributed by atoms with E-state index in [1.807, 2.05) is 23.5 Å². The SMILES string of the molecule is c1ccc2c(-n3c4ccccc4c4cc5ccc(-n6c7ccccc7c7ccc8ccccc8c76)cc5cc43)cc(-c3nc4ccccc4nc3-c3ccc4c(c3)sc3ccccc34)cc2c1. The molecule has 11 aromatic carbocycles. The number of aromatic nitrogens is 4. The molecule has 0 fully saturated rings. The van der Waals surface area contributed by atoms with Crippen molar-refractivity contribution < 1.29 is 0 Å². The van der Waals surface area contributed by atoms with Gasteiger partial charge in [0.15, 0.2) is 0 Å². The molecule has 0 saturated carbocycles. The van der Waals surface area contributed by atoms with Crippen molar-refractivity contribution in [2.24, 2.45) is 0 Å². The van der Waals surface area contributed by atoms with Gasteiger partial charge in [0.25, 0.3) is 0 Å². The lowest BCUT2D eigenvalue weighted by Gasteiger charge is -2.16. The van der Waals surface area contributed by atoms with E-state index < -0.39 is 0 Å². The molecule has 310 valence electrons. The summed E-state index contributed by atoms with van der Waals surface area (Å²) < 4.78 is 7.47. The van der Waals surface area contributed by atoms with Gasteiger partial charge in [-0.25, -0.2) is 9.97 Å². The van der Waals surface area contributed by atoms with Crippen LogP contribution in [0.4, 0.5) is 0 Å². The Morgan fingerprint density at radius 1 is 0.313 bits per heavy atom. The number of thiophene rings is 1. The minimum atomic E-state index is 0.862. The predicted molar refractivity (Wildman–Crippen MR) is 284 cm³/mol. The maximum absolute atomic E-state index is 5.46. The molecular weight excluding hydrogens is 833 g/mol. The fraction of sp³-hybridized carbons (Fsp3) is 0. The molecule has 0 saturated heterocycles. The highest BCUT2D eigenvalue weighted by atomic mass is 32.1. The maximum Gasteiger partial charge on any atom is 0.0974 e. The molecule has 0 atom stereocenters. The van der Waals surface area contributed by atoms with Crippen LogP contribution in [0.2, 0.25) is 0 Å². The van der Waals surface area contributed by atoms with Gasteiger partial charge < -0.3 is 9.13 Å². The Hall–Kier alpha value is -8.64. The second-order valence-electron chi connectivity index (χ2n) is 17.7. The molecule has 0 radical (unpaired) electrons. The number of fused-ring (bicyclic) bond motifs is 14. The lowest BCUT2D eigenvalue weighted by Crippen LogP contribution is -1.99. The standard InChI is InChI=1S/C62H36N4S/c1-4-16-45-37(13-1)26-30-50-46-17-5-10-22-54(46)65(62(45)50)43-28-25-38-33-51-47-18-6-11-23-55(47)66(57(51)34-41(38)32-43)56-35-42(31-39-14-2-3-15-44(39)56)61-60(63-52-20-8-9-21-53(52)64-61)40-27-29-49-48-19-7-12-24-58(48)67-59(49)36-40/h1-36H. The first kappa shape index (κ1) is 36.7. The number of hydrogen-bond donors (Lipinski definition) is 0. The number of nitrogens with zero attached hydrogens (tertiary/aromatic N) is 4. The van der Waals surface area contributed by atoms with Gasteiger partial charge in [-0.3, -0.25) is 0 Å². The van der Waals surface area contributed by atoms with Crippen LogP contribution in [-0.2, 0) is 0 Å². The second kappa shape index (κ2) is 13.9. The molecule has 5 heteroatoms. The van der Waals surface area contributed by atoms with E-state index in [4.69, 9.17) is 9.97 Å². The van der Waals surface area contributed by atoms with E-state index >= 15 is 0 Å². The van der Waals surface area contributed by atoms with Crippen LogP contribution in [0.5, 0.6) is 0 Å². The highest BCUT2D eigenvalue weighted by molar-refractivity contribution is 7.25. The van der Waals surface area contributed by atoms with Gasteiger partial charge in [-0.1, -0.05) is 146 Å². The van der Waals surface area contributed by atoms with Crippen molar-refractivity contribution >= 4 is 118 Å². The van der Waals surface area contributed by atoms with Crippen LogP contribution in [0.3, 0.4) is 0 Å². The molecule has 15 rings (SSSR count). The number of para-hydroxylation sites is 4. The number of rotatable bonds is 4. The summed E-state index contributed by atoms with van der Waals surface area (Å²) in [5.41, 5.74) is 12.5. The summed E-state index contributed by atoms with van der Waals surface area (Å²) in [5, 5.41) is 14.7. The van der Waals surface area contributed by atoms with Gasteiger partial charge in [0.2, 0.25) is 0 Å². The normalized spacial score (nSPS) is 12.2. The predicted octanol–water partition coefficient (Wildman–Crippen LogP) is 17.0. The van der Waals surface area contributed by atoms with Crippen molar-refractivity contribution in [3.05, 3.63) is 218 Å². The summed E-state index contributed by atoms with van der Waals surface area (Å²) >= 11 is 1.83. The van der Waals surface area contributed by atoms with Gasteiger partial charge in [-0.05, 0) is 94.3 Å². The molecule has 4 aromatic heterocycles. The first-order chi connectivity index (χ1) is 33.2. The summed E-state index contributed by atoms with van der Waals surface area (Å²) in [4.78, 5) is 10.9. The fourth-order valence-electron chi connectivity index (χ4n) is 11.0.